The third-order valence-corrected chi connectivity index (χ3v) is 5.16. The average molecular weight is 361 g/mol. The van der Waals surface area contributed by atoms with Crippen LogP contribution in [0.4, 0.5) is 5.69 Å². The topological polar surface area (TPSA) is 75.7 Å². The molecule has 0 saturated carbocycles. The third kappa shape index (κ3) is 4.83. The Morgan fingerprint density at radius 1 is 1.52 bits per heavy atom. The van der Waals surface area contributed by atoms with Crippen LogP contribution in [0.25, 0.3) is 0 Å². The van der Waals surface area contributed by atoms with Crippen LogP contribution in [0, 0.1) is 0 Å². The van der Waals surface area contributed by atoms with Crippen LogP contribution in [-0.4, -0.2) is 45.9 Å². The maximum atomic E-state index is 12.3. The van der Waals surface area contributed by atoms with Crippen LogP contribution in [0.3, 0.4) is 0 Å². The maximum absolute atomic E-state index is 12.3. The van der Waals surface area contributed by atoms with E-state index < -0.39 is 16.1 Å². The molecule has 1 N–H and O–H groups in total. The Hall–Kier alpha value is -1.31. The molecule has 1 amide bonds. The van der Waals surface area contributed by atoms with Crippen molar-refractivity contribution in [1.29, 1.82) is 0 Å². The van der Waals surface area contributed by atoms with Gasteiger partial charge in [-0.2, -0.15) is 0 Å². The lowest BCUT2D eigenvalue weighted by Gasteiger charge is -2.28. The summed E-state index contributed by atoms with van der Waals surface area (Å²) in [5.74, 6) is -0.370. The zero-order valence-electron chi connectivity index (χ0n) is 13.2. The van der Waals surface area contributed by atoms with Crippen molar-refractivity contribution in [3.05, 3.63) is 29.3 Å². The number of amides is 1. The van der Waals surface area contributed by atoms with Gasteiger partial charge >= 0.3 is 0 Å². The summed E-state index contributed by atoms with van der Waals surface area (Å²) in [5.41, 5.74) is 0.361. The highest BCUT2D eigenvalue weighted by molar-refractivity contribution is 7.92. The van der Waals surface area contributed by atoms with Crippen LogP contribution in [0.1, 0.15) is 19.8 Å². The minimum atomic E-state index is -3.63. The molecule has 1 aromatic rings. The smallest absolute Gasteiger partial charge is 0.243 e. The van der Waals surface area contributed by atoms with Crippen molar-refractivity contribution in [2.24, 2.45) is 0 Å². The number of anilines is 1. The molecule has 1 fully saturated rings. The Balaban J connectivity index is 2.13. The summed E-state index contributed by atoms with van der Waals surface area (Å²) in [6, 6.07) is 5.54. The summed E-state index contributed by atoms with van der Waals surface area (Å²) >= 11 is 5.93. The molecule has 0 aliphatic carbocycles. The molecular formula is C15H21ClN2O4S. The molecule has 2 atom stereocenters. The monoisotopic (exact) mass is 360 g/mol. The molecule has 8 heteroatoms. The van der Waals surface area contributed by atoms with Crippen LogP contribution in [-0.2, 0) is 19.6 Å². The first-order valence-electron chi connectivity index (χ1n) is 7.43. The molecular weight excluding hydrogens is 340 g/mol. The summed E-state index contributed by atoms with van der Waals surface area (Å²) in [4.78, 5) is 12.3. The van der Waals surface area contributed by atoms with Gasteiger partial charge in [0.2, 0.25) is 15.9 Å². The van der Waals surface area contributed by atoms with Gasteiger partial charge in [-0.1, -0.05) is 17.7 Å². The van der Waals surface area contributed by atoms with Crippen LogP contribution < -0.4 is 9.62 Å². The second-order valence-electron chi connectivity index (χ2n) is 5.59. The van der Waals surface area contributed by atoms with Crippen molar-refractivity contribution in [2.75, 3.05) is 23.7 Å². The van der Waals surface area contributed by atoms with Crippen LogP contribution >= 0.6 is 11.6 Å². The van der Waals surface area contributed by atoms with E-state index in [0.717, 1.165) is 23.4 Å². The largest absolute Gasteiger partial charge is 0.376 e. The number of carbonyl (C=O) groups is 1. The standard InChI is InChI=1S/C15H21ClN2O4S/c1-11(15(19)17-10-14-7-4-8-22-14)18(23(2,20)21)13-6-3-5-12(16)9-13/h3,5-6,9,11,14H,4,7-8,10H2,1-2H3,(H,17,19)/t11-,14-/m0/s1. The van der Waals surface area contributed by atoms with E-state index in [0.29, 0.717) is 23.9 Å². The number of halogens is 1. The predicted octanol–water partition coefficient (Wildman–Crippen LogP) is 1.79. The van der Waals surface area contributed by atoms with E-state index in [9.17, 15) is 13.2 Å². The SMILES string of the molecule is C[C@@H](C(=O)NC[C@@H]1CCCO1)N(c1cccc(Cl)c1)S(C)(=O)=O. The quantitative estimate of drug-likeness (QED) is 0.839. The maximum Gasteiger partial charge on any atom is 0.243 e. The van der Waals surface area contributed by atoms with Gasteiger partial charge in [0.1, 0.15) is 6.04 Å². The molecule has 2 rings (SSSR count). The molecule has 1 heterocycles. The first kappa shape index (κ1) is 18.0. The highest BCUT2D eigenvalue weighted by Gasteiger charge is 2.29. The molecule has 0 spiro atoms. The van der Waals surface area contributed by atoms with E-state index in [4.69, 9.17) is 16.3 Å². The molecule has 0 bridgehead atoms. The Labute approximate surface area is 141 Å². The Morgan fingerprint density at radius 2 is 2.26 bits per heavy atom. The minimum absolute atomic E-state index is 0.00371. The van der Waals surface area contributed by atoms with Gasteiger partial charge in [-0.05, 0) is 38.0 Å². The highest BCUT2D eigenvalue weighted by atomic mass is 35.5. The number of sulfonamides is 1. The first-order valence-corrected chi connectivity index (χ1v) is 9.66. The van der Waals surface area contributed by atoms with Gasteiger partial charge in [0, 0.05) is 18.2 Å². The lowest BCUT2D eigenvalue weighted by Crippen LogP contribution is -2.49. The fourth-order valence-corrected chi connectivity index (χ4v) is 3.94. The average Bonchev–Trinajstić information content (AvgIpc) is 2.96. The van der Waals surface area contributed by atoms with Crippen LogP contribution in [0.5, 0.6) is 0 Å². The van der Waals surface area contributed by atoms with Crippen molar-refractivity contribution < 1.29 is 17.9 Å². The fraction of sp³-hybridized carbons (Fsp3) is 0.533. The molecule has 0 aromatic heterocycles. The van der Waals surface area contributed by atoms with Gasteiger partial charge in [0.25, 0.3) is 0 Å². The van der Waals surface area contributed by atoms with Crippen LogP contribution in [0.2, 0.25) is 5.02 Å². The second kappa shape index (κ2) is 7.51. The molecule has 0 radical (unpaired) electrons. The van der Waals surface area contributed by atoms with E-state index in [1.54, 1.807) is 25.1 Å². The lowest BCUT2D eigenvalue weighted by molar-refractivity contribution is -0.122. The van der Waals surface area contributed by atoms with Crippen molar-refractivity contribution in [3.63, 3.8) is 0 Å². The zero-order valence-corrected chi connectivity index (χ0v) is 14.7. The van der Waals surface area contributed by atoms with E-state index in [1.165, 1.54) is 6.07 Å². The normalized spacial score (nSPS) is 19.3. The van der Waals surface area contributed by atoms with Gasteiger partial charge in [-0.15, -0.1) is 0 Å². The Kier molecular flexibility index (Phi) is 5.89. The minimum Gasteiger partial charge on any atom is -0.376 e. The first-order chi connectivity index (χ1) is 10.8. The lowest BCUT2D eigenvalue weighted by atomic mass is 10.2. The zero-order chi connectivity index (χ0) is 17.0. The molecule has 128 valence electrons. The van der Waals surface area contributed by atoms with Gasteiger partial charge in [0.05, 0.1) is 18.0 Å². The number of nitrogens with zero attached hydrogens (tertiary/aromatic N) is 1. The van der Waals surface area contributed by atoms with Crippen molar-refractivity contribution in [2.45, 2.75) is 31.9 Å². The third-order valence-electron chi connectivity index (χ3n) is 3.68. The number of benzene rings is 1. The number of nitrogens with one attached hydrogen (secondary N) is 1. The number of hydrogen-bond acceptors (Lipinski definition) is 4. The molecule has 1 saturated heterocycles. The number of carbonyl (C=O) groups excluding carboxylic acids is 1. The molecule has 1 aliphatic rings. The number of ether oxygens (including phenoxy) is 1. The van der Waals surface area contributed by atoms with Gasteiger partial charge in [-0.25, -0.2) is 8.42 Å². The summed E-state index contributed by atoms with van der Waals surface area (Å²) in [5, 5.41) is 3.16. The Morgan fingerprint density at radius 3 is 2.83 bits per heavy atom. The molecule has 1 aliphatic heterocycles. The molecule has 6 nitrogen and oxygen atoms in total. The van der Waals surface area contributed by atoms with E-state index >= 15 is 0 Å². The van der Waals surface area contributed by atoms with Crippen molar-refractivity contribution in [3.8, 4) is 0 Å². The summed E-state index contributed by atoms with van der Waals surface area (Å²) in [6.07, 6.45) is 2.95. The number of hydrogen-bond donors (Lipinski definition) is 1. The van der Waals surface area contributed by atoms with Gasteiger partial charge in [0.15, 0.2) is 0 Å². The van der Waals surface area contributed by atoms with Crippen molar-refractivity contribution in [1.82, 2.24) is 5.32 Å². The molecule has 23 heavy (non-hydrogen) atoms. The van der Waals surface area contributed by atoms with E-state index in [-0.39, 0.29) is 12.0 Å². The Bertz CT molecular complexity index is 659. The molecule has 1 aromatic carbocycles. The van der Waals surface area contributed by atoms with E-state index in [1.807, 2.05) is 0 Å². The van der Waals surface area contributed by atoms with Gasteiger partial charge < -0.3 is 10.1 Å². The van der Waals surface area contributed by atoms with Crippen molar-refractivity contribution >= 4 is 33.2 Å². The van der Waals surface area contributed by atoms with Crippen LogP contribution in [0.15, 0.2) is 24.3 Å². The van der Waals surface area contributed by atoms with Gasteiger partial charge in [-0.3, -0.25) is 9.10 Å². The van der Waals surface area contributed by atoms with E-state index in [2.05, 4.69) is 5.32 Å². The fourth-order valence-electron chi connectivity index (χ4n) is 2.59. The molecule has 0 unspecified atom stereocenters. The summed E-state index contributed by atoms with van der Waals surface area (Å²) in [6.45, 7) is 2.64. The summed E-state index contributed by atoms with van der Waals surface area (Å²) in [7, 11) is -3.63. The predicted molar refractivity (Wildman–Crippen MR) is 90.2 cm³/mol. The summed E-state index contributed by atoms with van der Waals surface area (Å²) < 4.78 is 30.8. The highest BCUT2D eigenvalue weighted by Crippen LogP contribution is 2.24. The second-order valence-corrected chi connectivity index (χ2v) is 7.89. The number of rotatable bonds is 6.